The summed E-state index contributed by atoms with van der Waals surface area (Å²) in [7, 11) is 0. The Morgan fingerprint density at radius 3 is 2.94 bits per heavy atom. The number of rotatable bonds is 0. The van der Waals surface area contributed by atoms with Crippen LogP contribution in [0.5, 0.6) is 5.75 Å². The molecule has 3 rings (SSSR count). The molecule has 18 heavy (non-hydrogen) atoms. The van der Waals surface area contributed by atoms with Gasteiger partial charge in [-0.25, -0.2) is 0 Å². The highest BCUT2D eigenvalue weighted by atomic mass is 16.5. The molecule has 0 unspecified atom stereocenters. The van der Waals surface area contributed by atoms with Gasteiger partial charge in [-0.2, -0.15) is 0 Å². The van der Waals surface area contributed by atoms with Gasteiger partial charge in [0, 0.05) is 12.0 Å². The molecule has 0 amide bonds. The lowest BCUT2D eigenvalue weighted by Gasteiger charge is -2.14. The van der Waals surface area contributed by atoms with Crippen molar-refractivity contribution in [3.63, 3.8) is 0 Å². The summed E-state index contributed by atoms with van der Waals surface area (Å²) in [5.41, 5.74) is 3.26. The molecule has 0 fully saturated rings. The SMILES string of the molecule is Cc1ccc2c(c1)C(=O)Cc1c(noc1C)CO2. The third kappa shape index (κ3) is 1.70. The molecule has 0 aliphatic carbocycles. The molecule has 0 saturated carbocycles. The van der Waals surface area contributed by atoms with Crippen LogP contribution in [0.3, 0.4) is 0 Å². The number of carbonyl (C=O) groups excluding carboxylic acids is 1. The van der Waals surface area contributed by atoms with E-state index in [2.05, 4.69) is 5.16 Å². The first-order valence-electron chi connectivity index (χ1n) is 5.86. The van der Waals surface area contributed by atoms with Gasteiger partial charge in [-0.05, 0) is 26.0 Å². The third-order valence-corrected chi connectivity index (χ3v) is 3.20. The molecule has 1 aromatic heterocycles. The number of benzene rings is 1. The smallest absolute Gasteiger partial charge is 0.171 e. The number of carbonyl (C=O) groups is 1. The van der Waals surface area contributed by atoms with Crippen molar-refractivity contribution in [2.45, 2.75) is 26.9 Å². The molecule has 1 aliphatic rings. The second-order valence-corrected chi connectivity index (χ2v) is 4.55. The van der Waals surface area contributed by atoms with Crippen LogP contribution in [-0.2, 0) is 13.0 Å². The summed E-state index contributed by atoms with van der Waals surface area (Å²) in [4.78, 5) is 12.3. The Kier molecular flexibility index (Phi) is 2.44. The summed E-state index contributed by atoms with van der Waals surface area (Å²) >= 11 is 0. The molecule has 4 nitrogen and oxygen atoms in total. The molecule has 1 aromatic carbocycles. The van der Waals surface area contributed by atoms with Crippen molar-refractivity contribution in [1.82, 2.24) is 5.16 Å². The first-order valence-corrected chi connectivity index (χ1v) is 5.86. The number of aromatic nitrogens is 1. The Hall–Kier alpha value is -2.10. The lowest BCUT2D eigenvalue weighted by molar-refractivity contribution is 0.0984. The molecule has 4 heteroatoms. The number of aryl methyl sites for hydroxylation is 2. The fraction of sp³-hybridized carbons (Fsp3) is 0.286. The van der Waals surface area contributed by atoms with E-state index < -0.39 is 0 Å². The van der Waals surface area contributed by atoms with E-state index in [1.165, 1.54) is 0 Å². The molecule has 0 radical (unpaired) electrons. The maximum Gasteiger partial charge on any atom is 0.171 e. The van der Waals surface area contributed by atoms with Gasteiger partial charge in [0.25, 0.3) is 0 Å². The van der Waals surface area contributed by atoms with Gasteiger partial charge < -0.3 is 9.26 Å². The largest absolute Gasteiger partial charge is 0.486 e. The van der Waals surface area contributed by atoms with E-state index in [0.717, 1.165) is 11.1 Å². The van der Waals surface area contributed by atoms with Crippen molar-refractivity contribution in [2.24, 2.45) is 0 Å². The second-order valence-electron chi connectivity index (χ2n) is 4.55. The van der Waals surface area contributed by atoms with Crippen LogP contribution in [0.15, 0.2) is 22.7 Å². The van der Waals surface area contributed by atoms with E-state index in [0.29, 0.717) is 35.8 Å². The Labute approximate surface area is 105 Å². The zero-order valence-corrected chi connectivity index (χ0v) is 10.3. The molecule has 1 aliphatic heterocycles. The molecule has 0 bridgehead atoms. The lowest BCUT2D eigenvalue weighted by Crippen LogP contribution is -2.13. The first-order chi connectivity index (χ1) is 8.65. The van der Waals surface area contributed by atoms with Crippen molar-refractivity contribution in [3.8, 4) is 5.75 Å². The standard InChI is InChI=1S/C14H13NO3/c1-8-3-4-14-11(5-8)13(16)6-10-9(2)18-15-12(10)7-17-14/h3-5H,6-7H2,1-2H3. The number of Topliss-reactive ketones (excluding diaryl/α,β-unsaturated/α-hetero) is 1. The van der Waals surface area contributed by atoms with Gasteiger partial charge in [0.05, 0.1) is 5.56 Å². The molecule has 92 valence electrons. The Bertz CT molecular complexity index is 628. The Balaban J connectivity index is 2.08. The molecular weight excluding hydrogens is 230 g/mol. The number of nitrogens with zero attached hydrogens (tertiary/aromatic N) is 1. The number of hydrogen-bond acceptors (Lipinski definition) is 4. The second kappa shape index (κ2) is 3.98. The molecular formula is C14H13NO3. The topological polar surface area (TPSA) is 52.3 Å². The van der Waals surface area contributed by atoms with E-state index >= 15 is 0 Å². The molecule has 2 aromatic rings. The number of fused-ring (bicyclic) bond motifs is 2. The summed E-state index contributed by atoms with van der Waals surface area (Å²) < 4.78 is 10.8. The first kappa shape index (κ1) is 11.0. The fourth-order valence-corrected chi connectivity index (χ4v) is 2.17. The monoisotopic (exact) mass is 243 g/mol. The molecule has 0 atom stereocenters. The Morgan fingerprint density at radius 1 is 1.28 bits per heavy atom. The summed E-state index contributed by atoms with van der Waals surface area (Å²) in [6.45, 7) is 4.12. The van der Waals surface area contributed by atoms with Crippen molar-refractivity contribution >= 4 is 5.78 Å². The molecule has 2 heterocycles. The van der Waals surface area contributed by atoms with Crippen LogP contribution in [0.25, 0.3) is 0 Å². The van der Waals surface area contributed by atoms with E-state index in [9.17, 15) is 4.79 Å². The van der Waals surface area contributed by atoms with Crippen molar-refractivity contribution in [3.05, 3.63) is 46.3 Å². The average molecular weight is 243 g/mol. The van der Waals surface area contributed by atoms with Gasteiger partial charge in [0.2, 0.25) is 0 Å². The predicted molar refractivity (Wildman–Crippen MR) is 64.8 cm³/mol. The van der Waals surface area contributed by atoms with E-state index in [1.807, 2.05) is 32.0 Å². The highest BCUT2D eigenvalue weighted by Gasteiger charge is 2.23. The lowest BCUT2D eigenvalue weighted by atomic mass is 9.98. The summed E-state index contributed by atoms with van der Waals surface area (Å²) in [6.07, 6.45) is 0.324. The quantitative estimate of drug-likeness (QED) is 0.713. The normalized spacial score (nSPS) is 14.2. The number of ketones is 1. The zero-order valence-electron chi connectivity index (χ0n) is 10.3. The number of hydrogen-bond donors (Lipinski definition) is 0. The van der Waals surface area contributed by atoms with Gasteiger partial charge in [0.15, 0.2) is 5.78 Å². The van der Waals surface area contributed by atoms with Crippen LogP contribution in [0.1, 0.15) is 32.9 Å². The minimum absolute atomic E-state index is 0.0425. The zero-order chi connectivity index (χ0) is 12.7. The van der Waals surface area contributed by atoms with Crippen LogP contribution in [0.2, 0.25) is 0 Å². The summed E-state index contributed by atoms with van der Waals surface area (Å²) in [5, 5.41) is 3.93. The highest BCUT2D eigenvalue weighted by Crippen LogP contribution is 2.27. The van der Waals surface area contributed by atoms with E-state index in [-0.39, 0.29) is 5.78 Å². The van der Waals surface area contributed by atoms with Crippen LogP contribution < -0.4 is 4.74 Å². The molecule has 0 spiro atoms. The summed E-state index contributed by atoms with van der Waals surface area (Å²) in [5.74, 6) is 1.36. The van der Waals surface area contributed by atoms with Gasteiger partial charge in [0.1, 0.15) is 23.8 Å². The van der Waals surface area contributed by atoms with E-state index in [4.69, 9.17) is 9.26 Å². The minimum atomic E-state index is 0.0425. The molecule has 0 N–H and O–H groups in total. The van der Waals surface area contributed by atoms with Gasteiger partial charge in [-0.1, -0.05) is 16.8 Å². The minimum Gasteiger partial charge on any atom is -0.486 e. The van der Waals surface area contributed by atoms with Gasteiger partial charge in [-0.3, -0.25) is 4.79 Å². The average Bonchev–Trinajstić information content (AvgIpc) is 2.67. The van der Waals surface area contributed by atoms with Crippen molar-refractivity contribution in [1.29, 1.82) is 0 Å². The van der Waals surface area contributed by atoms with Gasteiger partial charge >= 0.3 is 0 Å². The van der Waals surface area contributed by atoms with Crippen molar-refractivity contribution < 1.29 is 14.1 Å². The number of ether oxygens (including phenoxy) is 1. The van der Waals surface area contributed by atoms with Crippen LogP contribution >= 0.6 is 0 Å². The molecule has 0 saturated heterocycles. The third-order valence-electron chi connectivity index (χ3n) is 3.20. The Morgan fingerprint density at radius 2 is 2.11 bits per heavy atom. The van der Waals surface area contributed by atoms with Gasteiger partial charge in [-0.15, -0.1) is 0 Å². The van der Waals surface area contributed by atoms with Crippen LogP contribution in [0, 0.1) is 13.8 Å². The maximum absolute atomic E-state index is 12.3. The van der Waals surface area contributed by atoms with Crippen molar-refractivity contribution in [2.75, 3.05) is 0 Å². The summed E-state index contributed by atoms with van der Waals surface area (Å²) in [6, 6.07) is 5.63. The van der Waals surface area contributed by atoms with Crippen LogP contribution in [0.4, 0.5) is 0 Å². The predicted octanol–water partition coefficient (Wildman–Crippen LogP) is 2.61. The fourth-order valence-electron chi connectivity index (χ4n) is 2.17. The van der Waals surface area contributed by atoms with Crippen LogP contribution in [-0.4, -0.2) is 10.9 Å². The van der Waals surface area contributed by atoms with E-state index in [1.54, 1.807) is 0 Å². The highest BCUT2D eigenvalue weighted by molar-refractivity contribution is 6.00. The maximum atomic E-state index is 12.3.